The molecule has 0 radical (unpaired) electrons. The largest absolute Gasteiger partial charge is 0.396 e. The molecule has 1 saturated carbocycles. The lowest BCUT2D eigenvalue weighted by Crippen LogP contribution is -2.60. The van der Waals surface area contributed by atoms with Crippen LogP contribution >= 0.6 is 0 Å². The zero-order valence-electron chi connectivity index (χ0n) is 11.5. The second-order valence-corrected chi connectivity index (χ2v) is 6.41. The Morgan fingerprint density at radius 1 is 1.22 bits per heavy atom. The molecule has 1 atom stereocenters. The van der Waals surface area contributed by atoms with Gasteiger partial charge in [-0.3, -0.25) is 0 Å². The molecule has 4 heteroatoms. The highest BCUT2D eigenvalue weighted by atomic mass is 16.5. The molecule has 0 aromatic heterocycles. The standard InChI is InChI=1S/C14H27NO3/c1-13(8-16,12-5-3-2-4-6-12)15-7-14(9-17)10-18-11-14/h12,15-17H,2-11H2,1H3/t13-/m0/s1. The van der Waals surface area contributed by atoms with Gasteiger partial charge in [-0.2, -0.15) is 0 Å². The van der Waals surface area contributed by atoms with Gasteiger partial charge in [-0.25, -0.2) is 0 Å². The van der Waals surface area contributed by atoms with E-state index in [2.05, 4.69) is 12.2 Å². The summed E-state index contributed by atoms with van der Waals surface area (Å²) < 4.78 is 5.21. The van der Waals surface area contributed by atoms with Crippen molar-refractivity contribution < 1.29 is 14.9 Å². The molecule has 1 aliphatic heterocycles. The Bertz CT molecular complexity index is 256. The fraction of sp³-hybridized carbons (Fsp3) is 1.00. The van der Waals surface area contributed by atoms with E-state index < -0.39 is 0 Å². The van der Waals surface area contributed by atoms with Gasteiger partial charge in [-0.15, -0.1) is 0 Å². The smallest absolute Gasteiger partial charge is 0.0613 e. The van der Waals surface area contributed by atoms with Crippen molar-refractivity contribution >= 4 is 0 Å². The molecule has 1 aliphatic carbocycles. The molecule has 2 aliphatic rings. The minimum atomic E-state index is -0.210. The van der Waals surface area contributed by atoms with Crippen molar-refractivity contribution in [1.29, 1.82) is 0 Å². The van der Waals surface area contributed by atoms with Gasteiger partial charge in [0.1, 0.15) is 0 Å². The predicted molar refractivity (Wildman–Crippen MR) is 70.4 cm³/mol. The normalized spacial score (nSPS) is 27.5. The Labute approximate surface area is 110 Å². The van der Waals surface area contributed by atoms with Crippen molar-refractivity contribution in [2.45, 2.75) is 44.6 Å². The average Bonchev–Trinajstić information content (AvgIpc) is 2.39. The van der Waals surface area contributed by atoms with Crippen LogP contribution in [0.1, 0.15) is 39.0 Å². The summed E-state index contributed by atoms with van der Waals surface area (Å²) in [6.07, 6.45) is 6.28. The predicted octanol–water partition coefficient (Wildman–Crippen LogP) is 0.916. The number of ether oxygens (including phenoxy) is 1. The molecule has 106 valence electrons. The summed E-state index contributed by atoms with van der Waals surface area (Å²) in [5.74, 6) is 0.549. The highest BCUT2D eigenvalue weighted by molar-refractivity contribution is 4.95. The molecule has 0 unspecified atom stereocenters. The van der Waals surface area contributed by atoms with Gasteiger partial charge < -0.3 is 20.3 Å². The van der Waals surface area contributed by atoms with Crippen LogP contribution in [0.2, 0.25) is 0 Å². The minimum absolute atomic E-state index is 0.120. The maximum atomic E-state index is 9.74. The van der Waals surface area contributed by atoms with E-state index in [-0.39, 0.29) is 24.2 Å². The lowest BCUT2D eigenvalue weighted by molar-refractivity contribution is -0.138. The van der Waals surface area contributed by atoms with E-state index in [4.69, 9.17) is 4.74 Å². The summed E-state index contributed by atoms with van der Waals surface area (Å²) >= 11 is 0. The fourth-order valence-corrected chi connectivity index (χ4v) is 3.10. The van der Waals surface area contributed by atoms with E-state index in [1.165, 1.54) is 32.1 Å². The molecule has 0 aromatic carbocycles. The van der Waals surface area contributed by atoms with Gasteiger partial charge in [-0.05, 0) is 25.7 Å². The molecule has 0 spiro atoms. The number of rotatable bonds is 6. The summed E-state index contributed by atoms with van der Waals surface area (Å²) in [6.45, 7) is 4.43. The van der Waals surface area contributed by atoms with E-state index in [0.717, 1.165) is 6.54 Å². The molecule has 18 heavy (non-hydrogen) atoms. The summed E-state index contributed by atoms with van der Waals surface area (Å²) in [6, 6.07) is 0. The fourth-order valence-electron chi connectivity index (χ4n) is 3.10. The van der Waals surface area contributed by atoms with Crippen molar-refractivity contribution in [3.63, 3.8) is 0 Å². The molecule has 2 fully saturated rings. The highest BCUT2D eigenvalue weighted by Gasteiger charge is 2.41. The summed E-state index contributed by atoms with van der Waals surface area (Å²) in [4.78, 5) is 0. The van der Waals surface area contributed by atoms with Crippen LogP contribution in [0.15, 0.2) is 0 Å². The minimum Gasteiger partial charge on any atom is -0.396 e. The van der Waals surface area contributed by atoms with Crippen molar-refractivity contribution in [2.75, 3.05) is 33.0 Å². The van der Waals surface area contributed by atoms with Gasteiger partial charge in [-0.1, -0.05) is 19.3 Å². The van der Waals surface area contributed by atoms with E-state index in [1.54, 1.807) is 0 Å². The molecular weight excluding hydrogens is 230 g/mol. The average molecular weight is 257 g/mol. The maximum absolute atomic E-state index is 9.74. The lowest BCUT2D eigenvalue weighted by atomic mass is 9.75. The summed E-state index contributed by atoms with van der Waals surface area (Å²) in [7, 11) is 0. The van der Waals surface area contributed by atoms with Gasteiger partial charge in [0.25, 0.3) is 0 Å². The topological polar surface area (TPSA) is 61.7 Å². The molecular formula is C14H27NO3. The Morgan fingerprint density at radius 3 is 2.33 bits per heavy atom. The van der Waals surface area contributed by atoms with Crippen LogP contribution in [-0.4, -0.2) is 48.7 Å². The quantitative estimate of drug-likeness (QED) is 0.662. The first-order valence-corrected chi connectivity index (χ1v) is 7.19. The molecule has 0 bridgehead atoms. The SMILES string of the molecule is C[C@@](CO)(NCC1(CO)COC1)C1CCCCC1. The molecule has 1 heterocycles. The Balaban J connectivity index is 1.90. The first-order chi connectivity index (χ1) is 8.64. The van der Waals surface area contributed by atoms with E-state index in [0.29, 0.717) is 19.1 Å². The maximum Gasteiger partial charge on any atom is 0.0613 e. The van der Waals surface area contributed by atoms with E-state index in [1.807, 2.05) is 0 Å². The van der Waals surface area contributed by atoms with Crippen LogP contribution in [0.5, 0.6) is 0 Å². The van der Waals surface area contributed by atoms with Crippen LogP contribution in [0.3, 0.4) is 0 Å². The third-order valence-electron chi connectivity index (χ3n) is 4.85. The molecule has 0 amide bonds. The Hall–Kier alpha value is -0.160. The number of aliphatic hydroxyl groups excluding tert-OH is 2. The van der Waals surface area contributed by atoms with Crippen molar-refractivity contribution in [3.05, 3.63) is 0 Å². The van der Waals surface area contributed by atoms with E-state index >= 15 is 0 Å². The summed E-state index contributed by atoms with van der Waals surface area (Å²) in [5.41, 5.74) is -0.330. The Morgan fingerprint density at radius 2 is 1.89 bits per heavy atom. The number of aliphatic hydroxyl groups is 2. The van der Waals surface area contributed by atoms with Gasteiger partial charge >= 0.3 is 0 Å². The van der Waals surface area contributed by atoms with Crippen LogP contribution < -0.4 is 5.32 Å². The van der Waals surface area contributed by atoms with Crippen molar-refractivity contribution in [1.82, 2.24) is 5.32 Å². The number of hydrogen-bond donors (Lipinski definition) is 3. The van der Waals surface area contributed by atoms with E-state index in [9.17, 15) is 10.2 Å². The highest BCUT2D eigenvalue weighted by Crippen LogP contribution is 2.34. The van der Waals surface area contributed by atoms with Gasteiger partial charge in [0, 0.05) is 12.1 Å². The lowest BCUT2D eigenvalue weighted by Gasteiger charge is -2.45. The monoisotopic (exact) mass is 257 g/mol. The molecule has 0 aromatic rings. The van der Waals surface area contributed by atoms with Crippen LogP contribution in [0, 0.1) is 11.3 Å². The first kappa shape index (κ1) is 14.3. The zero-order chi connectivity index (χ0) is 13.1. The summed E-state index contributed by atoms with van der Waals surface area (Å²) in [5, 5.41) is 22.7. The van der Waals surface area contributed by atoms with Crippen molar-refractivity contribution in [2.24, 2.45) is 11.3 Å². The zero-order valence-corrected chi connectivity index (χ0v) is 11.5. The third-order valence-corrected chi connectivity index (χ3v) is 4.85. The van der Waals surface area contributed by atoms with Gasteiger partial charge in [0.05, 0.1) is 31.8 Å². The first-order valence-electron chi connectivity index (χ1n) is 7.19. The molecule has 1 saturated heterocycles. The van der Waals surface area contributed by atoms with Crippen LogP contribution in [-0.2, 0) is 4.74 Å². The second kappa shape index (κ2) is 5.87. The molecule has 4 nitrogen and oxygen atoms in total. The van der Waals surface area contributed by atoms with Gasteiger partial charge in [0.2, 0.25) is 0 Å². The Kier molecular flexibility index (Phi) is 4.64. The molecule has 3 N–H and O–H groups in total. The second-order valence-electron chi connectivity index (χ2n) is 6.41. The third kappa shape index (κ3) is 2.87. The van der Waals surface area contributed by atoms with Gasteiger partial charge in [0.15, 0.2) is 0 Å². The van der Waals surface area contributed by atoms with Crippen molar-refractivity contribution in [3.8, 4) is 0 Å². The van der Waals surface area contributed by atoms with Crippen LogP contribution in [0.25, 0.3) is 0 Å². The molecule has 2 rings (SSSR count). The number of nitrogens with one attached hydrogen (secondary N) is 1. The number of hydrogen-bond acceptors (Lipinski definition) is 4. The van der Waals surface area contributed by atoms with Crippen LogP contribution in [0.4, 0.5) is 0 Å².